The molecule has 1 amide bonds. The number of rotatable bonds is 5. The van der Waals surface area contributed by atoms with Crippen LogP contribution in [0.4, 0.5) is 0 Å². The molecular weight excluding hydrogens is 272 g/mol. The fraction of sp³-hybridized carbons (Fsp3) is 0.533. The summed E-state index contributed by atoms with van der Waals surface area (Å²) in [6.07, 6.45) is 0. The van der Waals surface area contributed by atoms with Crippen molar-refractivity contribution in [2.24, 2.45) is 0 Å². The SMILES string of the molecule is CNC(=O)c1ccc(CN2CCOCC2)c(OC)c1OC. The van der Waals surface area contributed by atoms with E-state index < -0.39 is 0 Å². The summed E-state index contributed by atoms with van der Waals surface area (Å²) in [5.74, 6) is 0.899. The second-order valence-corrected chi connectivity index (χ2v) is 4.81. The normalized spacial score (nSPS) is 15.6. The van der Waals surface area contributed by atoms with Gasteiger partial charge in [-0.25, -0.2) is 0 Å². The molecule has 1 aromatic rings. The van der Waals surface area contributed by atoms with E-state index in [0.717, 1.165) is 38.4 Å². The highest BCUT2D eigenvalue weighted by atomic mass is 16.5. The van der Waals surface area contributed by atoms with E-state index in [1.165, 1.54) is 0 Å². The molecule has 0 unspecified atom stereocenters. The van der Waals surface area contributed by atoms with Crippen molar-refractivity contribution in [1.82, 2.24) is 10.2 Å². The quantitative estimate of drug-likeness (QED) is 0.874. The molecular formula is C15H22N2O4. The number of amides is 1. The Bertz CT molecular complexity index is 499. The largest absolute Gasteiger partial charge is 0.492 e. The average Bonchev–Trinajstić information content (AvgIpc) is 2.54. The summed E-state index contributed by atoms with van der Waals surface area (Å²) in [5.41, 5.74) is 1.48. The molecule has 1 aliphatic heterocycles. The zero-order valence-electron chi connectivity index (χ0n) is 12.8. The van der Waals surface area contributed by atoms with Gasteiger partial charge in [-0.15, -0.1) is 0 Å². The maximum atomic E-state index is 11.9. The standard InChI is InChI=1S/C15H22N2O4/c1-16-15(18)12-5-4-11(13(19-2)14(12)20-3)10-17-6-8-21-9-7-17/h4-5H,6-10H2,1-3H3,(H,16,18). The van der Waals surface area contributed by atoms with Crippen LogP contribution in [0.3, 0.4) is 0 Å². The molecule has 0 radical (unpaired) electrons. The molecule has 0 bridgehead atoms. The third kappa shape index (κ3) is 3.46. The van der Waals surface area contributed by atoms with Gasteiger partial charge >= 0.3 is 0 Å². The first-order valence-corrected chi connectivity index (χ1v) is 6.97. The van der Waals surface area contributed by atoms with E-state index >= 15 is 0 Å². The molecule has 1 fully saturated rings. The zero-order valence-corrected chi connectivity index (χ0v) is 12.8. The van der Waals surface area contributed by atoms with Gasteiger partial charge in [0.1, 0.15) is 0 Å². The van der Waals surface area contributed by atoms with E-state index in [2.05, 4.69) is 10.2 Å². The Balaban J connectivity index is 2.30. The first kappa shape index (κ1) is 15.6. The molecule has 6 heteroatoms. The third-order valence-electron chi connectivity index (χ3n) is 3.57. The molecule has 0 aromatic heterocycles. The van der Waals surface area contributed by atoms with Crippen LogP contribution in [0.5, 0.6) is 11.5 Å². The molecule has 0 saturated carbocycles. The van der Waals surface area contributed by atoms with Crippen LogP contribution in [0.15, 0.2) is 12.1 Å². The average molecular weight is 294 g/mol. The number of ether oxygens (including phenoxy) is 3. The summed E-state index contributed by atoms with van der Waals surface area (Å²) in [6, 6.07) is 3.69. The van der Waals surface area contributed by atoms with Crippen molar-refractivity contribution in [1.29, 1.82) is 0 Å². The van der Waals surface area contributed by atoms with Crippen LogP contribution in [0.25, 0.3) is 0 Å². The second-order valence-electron chi connectivity index (χ2n) is 4.81. The summed E-state index contributed by atoms with van der Waals surface area (Å²) in [5, 5.41) is 2.61. The van der Waals surface area contributed by atoms with Gasteiger partial charge in [0.15, 0.2) is 11.5 Å². The van der Waals surface area contributed by atoms with Gasteiger partial charge in [-0.3, -0.25) is 9.69 Å². The van der Waals surface area contributed by atoms with Crippen molar-refractivity contribution < 1.29 is 19.0 Å². The lowest BCUT2D eigenvalue weighted by molar-refractivity contribution is 0.0338. The van der Waals surface area contributed by atoms with Crippen molar-refractivity contribution in [3.05, 3.63) is 23.3 Å². The molecule has 1 N–H and O–H groups in total. The van der Waals surface area contributed by atoms with E-state index in [1.54, 1.807) is 27.3 Å². The Labute approximate surface area is 125 Å². The summed E-state index contributed by atoms with van der Waals surface area (Å²) < 4.78 is 16.2. The minimum Gasteiger partial charge on any atom is -0.492 e. The lowest BCUT2D eigenvalue weighted by Crippen LogP contribution is -2.35. The molecule has 1 heterocycles. The topological polar surface area (TPSA) is 60.0 Å². The number of hydrogen-bond acceptors (Lipinski definition) is 5. The van der Waals surface area contributed by atoms with Gasteiger partial charge < -0.3 is 19.5 Å². The zero-order chi connectivity index (χ0) is 15.2. The van der Waals surface area contributed by atoms with Crippen LogP contribution in [-0.4, -0.2) is 58.4 Å². The van der Waals surface area contributed by atoms with Gasteiger partial charge in [-0.1, -0.05) is 6.07 Å². The fourth-order valence-electron chi connectivity index (χ4n) is 2.47. The number of morpholine rings is 1. The van der Waals surface area contributed by atoms with Crippen LogP contribution < -0.4 is 14.8 Å². The van der Waals surface area contributed by atoms with Crippen LogP contribution in [-0.2, 0) is 11.3 Å². The molecule has 1 saturated heterocycles. The Morgan fingerprint density at radius 1 is 1.24 bits per heavy atom. The second kappa shape index (κ2) is 7.28. The van der Waals surface area contributed by atoms with Gasteiger partial charge in [0.25, 0.3) is 5.91 Å². The smallest absolute Gasteiger partial charge is 0.254 e. The monoisotopic (exact) mass is 294 g/mol. The van der Waals surface area contributed by atoms with Gasteiger partial charge in [0, 0.05) is 32.2 Å². The number of nitrogens with zero attached hydrogens (tertiary/aromatic N) is 1. The highest BCUT2D eigenvalue weighted by Gasteiger charge is 2.21. The number of nitrogens with one attached hydrogen (secondary N) is 1. The minimum atomic E-state index is -0.192. The summed E-state index contributed by atoms with van der Waals surface area (Å²) >= 11 is 0. The molecule has 0 spiro atoms. The third-order valence-corrected chi connectivity index (χ3v) is 3.57. The molecule has 0 atom stereocenters. The molecule has 0 aliphatic carbocycles. The van der Waals surface area contributed by atoms with Crippen molar-refractivity contribution in [2.75, 3.05) is 47.6 Å². The molecule has 1 aromatic carbocycles. The van der Waals surface area contributed by atoms with E-state index in [1.807, 2.05) is 6.07 Å². The van der Waals surface area contributed by atoms with E-state index in [9.17, 15) is 4.79 Å². The Hall–Kier alpha value is -1.79. The number of hydrogen-bond donors (Lipinski definition) is 1. The van der Waals surface area contributed by atoms with Crippen LogP contribution in [0.2, 0.25) is 0 Å². The van der Waals surface area contributed by atoms with Crippen molar-refractivity contribution in [3.63, 3.8) is 0 Å². The molecule has 2 rings (SSSR count). The highest BCUT2D eigenvalue weighted by Crippen LogP contribution is 2.35. The molecule has 6 nitrogen and oxygen atoms in total. The van der Waals surface area contributed by atoms with Crippen molar-refractivity contribution >= 4 is 5.91 Å². The predicted molar refractivity (Wildman–Crippen MR) is 79.0 cm³/mol. The lowest BCUT2D eigenvalue weighted by atomic mass is 10.1. The molecule has 1 aliphatic rings. The van der Waals surface area contributed by atoms with Crippen molar-refractivity contribution in [2.45, 2.75) is 6.54 Å². The predicted octanol–water partition coefficient (Wildman–Crippen LogP) is 0.896. The highest BCUT2D eigenvalue weighted by molar-refractivity contribution is 5.97. The molecule has 116 valence electrons. The minimum absolute atomic E-state index is 0.192. The van der Waals surface area contributed by atoms with E-state index in [0.29, 0.717) is 17.1 Å². The number of carbonyl (C=O) groups is 1. The van der Waals surface area contributed by atoms with E-state index in [4.69, 9.17) is 14.2 Å². The Morgan fingerprint density at radius 3 is 2.48 bits per heavy atom. The Morgan fingerprint density at radius 2 is 1.90 bits per heavy atom. The van der Waals surface area contributed by atoms with Crippen LogP contribution in [0.1, 0.15) is 15.9 Å². The number of carbonyl (C=O) groups excluding carboxylic acids is 1. The van der Waals surface area contributed by atoms with Crippen molar-refractivity contribution in [3.8, 4) is 11.5 Å². The maximum absolute atomic E-state index is 11.9. The van der Waals surface area contributed by atoms with Crippen LogP contribution >= 0.6 is 0 Å². The van der Waals surface area contributed by atoms with E-state index in [-0.39, 0.29) is 5.91 Å². The van der Waals surface area contributed by atoms with Gasteiger partial charge in [-0.05, 0) is 6.07 Å². The van der Waals surface area contributed by atoms with Gasteiger partial charge in [0.2, 0.25) is 0 Å². The first-order valence-electron chi connectivity index (χ1n) is 6.97. The fourth-order valence-corrected chi connectivity index (χ4v) is 2.47. The Kier molecular flexibility index (Phi) is 5.41. The first-order chi connectivity index (χ1) is 10.2. The van der Waals surface area contributed by atoms with Gasteiger partial charge in [-0.2, -0.15) is 0 Å². The summed E-state index contributed by atoms with van der Waals surface area (Å²) in [4.78, 5) is 14.2. The van der Waals surface area contributed by atoms with Gasteiger partial charge in [0.05, 0.1) is 33.0 Å². The summed E-state index contributed by atoms with van der Waals surface area (Å²) in [6.45, 7) is 4.02. The summed E-state index contributed by atoms with van der Waals surface area (Å²) in [7, 11) is 4.73. The number of methoxy groups -OCH3 is 2. The lowest BCUT2D eigenvalue weighted by Gasteiger charge is -2.27. The maximum Gasteiger partial charge on any atom is 0.254 e. The molecule has 21 heavy (non-hydrogen) atoms. The number of benzene rings is 1. The van der Waals surface area contributed by atoms with Crippen LogP contribution in [0, 0.1) is 0 Å².